The minimum absolute atomic E-state index is 0.0573. The molecule has 0 bridgehead atoms. The molecule has 1 aliphatic heterocycles. The van der Waals surface area contributed by atoms with E-state index in [0.717, 1.165) is 24.1 Å². The molecule has 1 heterocycles. The highest BCUT2D eigenvalue weighted by atomic mass is 19.1. The summed E-state index contributed by atoms with van der Waals surface area (Å²) < 4.78 is 13.6. The molecular weight excluding hydrogens is 177 g/mol. The lowest BCUT2D eigenvalue weighted by molar-refractivity contribution is 0.443. The van der Waals surface area contributed by atoms with Crippen molar-refractivity contribution in [3.8, 4) is 0 Å². The highest BCUT2D eigenvalue weighted by Crippen LogP contribution is 2.31. The van der Waals surface area contributed by atoms with E-state index in [-0.39, 0.29) is 11.9 Å². The molecule has 0 aliphatic carbocycles. The van der Waals surface area contributed by atoms with E-state index in [1.807, 2.05) is 6.07 Å². The van der Waals surface area contributed by atoms with E-state index in [1.165, 1.54) is 0 Å². The topological polar surface area (TPSA) is 12.0 Å². The van der Waals surface area contributed by atoms with Gasteiger partial charge < -0.3 is 5.32 Å². The Labute approximate surface area is 84.3 Å². The van der Waals surface area contributed by atoms with Gasteiger partial charge in [-0.2, -0.15) is 0 Å². The van der Waals surface area contributed by atoms with Gasteiger partial charge in [0.05, 0.1) is 0 Å². The first-order chi connectivity index (χ1) is 6.68. The molecule has 0 saturated heterocycles. The number of rotatable bonds is 2. The Balaban J connectivity index is 2.29. The van der Waals surface area contributed by atoms with Crippen molar-refractivity contribution in [2.24, 2.45) is 5.92 Å². The van der Waals surface area contributed by atoms with Gasteiger partial charge in [0.15, 0.2) is 0 Å². The van der Waals surface area contributed by atoms with Gasteiger partial charge in [0, 0.05) is 18.2 Å². The highest BCUT2D eigenvalue weighted by molar-refractivity contribution is 5.35. The molecular formula is C12H16FN. The maximum atomic E-state index is 13.6. The molecule has 0 aromatic heterocycles. The summed E-state index contributed by atoms with van der Waals surface area (Å²) in [6, 6.07) is 5.56. The molecule has 2 rings (SSSR count). The van der Waals surface area contributed by atoms with E-state index in [9.17, 15) is 4.39 Å². The molecule has 0 radical (unpaired) electrons. The Bertz CT molecular complexity index is 333. The van der Waals surface area contributed by atoms with Crippen LogP contribution >= 0.6 is 0 Å². The summed E-state index contributed by atoms with van der Waals surface area (Å²) in [5.41, 5.74) is 2.01. The van der Waals surface area contributed by atoms with Crippen molar-refractivity contribution in [1.82, 2.24) is 5.32 Å². The lowest BCUT2D eigenvalue weighted by Gasteiger charge is -2.14. The van der Waals surface area contributed by atoms with Crippen molar-refractivity contribution >= 4 is 0 Å². The van der Waals surface area contributed by atoms with E-state index in [2.05, 4.69) is 19.2 Å². The normalized spacial score (nSPS) is 20.1. The zero-order valence-electron chi connectivity index (χ0n) is 8.68. The average molecular weight is 193 g/mol. The first kappa shape index (κ1) is 9.66. The molecule has 1 atom stereocenters. The van der Waals surface area contributed by atoms with Gasteiger partial charge in [0.25, 0.3) is 0 Å². The summed E-state index contributed by atoms with van der Waals surface area (Å²) in [6.07, 6.45) is 1.01. The van der Waals surface area contributed by atoms with Crippen molar-refractivity contribution in [2.45, 2.75) is 32.9 Å². The van der Waals surface area contributed by atoms with Gasteiger partial charge in [0.1, 0.15) is 5.82 Å². The number of hydrogen-bond acceptors (Lipinski definition) is 1. The Morgan fingerprint density at radius 3 is 3.00 bits per heavy atom. The van der Waals surface area contributed by atoms with Crippen LogP contribution in [0.15, 0.2) is 18.2 Å². The van der Waals surface area contributed by atoms with Crippen LogP contribution in [-0.2, 0) is 6.54 Å². The Morgan fingerprint density at radius 1 is 1.50 bits per heavy atom. The lowest BCUT2D eigenvalue weighted by Crippen LogP contribution is -2.14. The minimum Gasteiger partial charge on any atom is -0.306 e. The second-order valence-electron chi connectivity index (χ2n) is 4.38. The van der Waals surface area contributed by atoms with Gasteiger partial charge in [-0.05, 0) is 24.0 Å². The minimum atomic E-state index is -0.0573. The fourth-order valence-electron chi connectivity index (χ4n) is 2.13. The smallest absolute Gasteiger partial charge is 0.128 e. The summed E-state index contributed by atoms with van der Waals surface area (Å²) in [6.45, 7) is 5.14. The van der Waals surface area contributed by atoms with Crippen LogP contribution in [0.5, 0.6) is 0 Å². The van der Waals surface area contributed by atoms with Crippen LogP contribution in [0.2, 0.25) is 0 Å². The van der Waals surface area contributed by atoms with E-state index < -0.39 is 0 Å². The molecule has 1 aliphatic rings. The molecule has 2 heteroatoms. The molecule has 0 amide bonds. The van der Waals surface area contributed by atoms with Gasteiger partial charge >= 0.3 is 0 Å². The monoisotopic (exact) mass is 193 g/mol. The van der Waals surface area contributed by atoms with E-state index in [1.54, 1.807) is 12.1 Å². The number of benzene rings is 1. The van der Waals surface area contributed by atoms with Crippen LogP contribution in [0, 0.1) is 11.7 Å². The molecule has 0 spiro atoms. The average Bonchev–Trinajstić information content (AvgIpc) is 2.49. The third kappa shape index (κ3) is 1.67. The van der Waals surface area contributed by atoms with Gasteiger partial charge in [-0.3, -0.25) is 0 Å². The fourth-order valence-corrected chi connectivity index (χ4v) is 2.13. The quantitative estimate of drug-likeness (QED) is 0.761. The second kappa shape index (κ2) is 3.70. The number of nitrogens with one attached hydrogen (secondary N) is 1. The zero-order chi connectivity index (χ0) is 10.1. The first-order valence-electron chi connectivity index (χ1n) is 5.19. The molecule has 0 fully saturated rings. The van der Waals surface area contributed by atoms with Crippen LogP contribution in [-0.4, -0.2) is 0 Å². The molecule has 76 valence electrons. The molecule has 0 saturated carbocycles. The lowest BCUT2D eigenvalue weighted by atomic mass is 9.97. The zero-order valence-corrected chi connectivity index (χ0v) is 8.68. The number of halogens is 1. The highest BCUT2D eigenvalue weighted by Gasteiger charge is 2.25. The maximum absolute atomic E-state index is 13.6. The molecule has 1 nitrogen and oxygen atoms in total. The van der Waals surface area contributed by atoms with Crippen molar-refractivity contribution in [1.29, 1.82) is 0 Å². The Hall–Kier alpha value is -0.890. The van der Waals surface area contributed by atoms with E-state index in [4.69, 9.17) is 0 Å². The van der Waals surface area contributed by atoms with Gasteiger partial charge in [-0.1, -0.05) is 26.0 Å². The molecule has 1 N–H and O–H groups in total. The Morgan fingerprint density at radius 2 is 2.29 bits per heavy atom. The third-order valence-electron chi connectivity index (χ3n) is 2.74. The predicted octanol–water partition coefficient (Wildman–Crippen LogP) is 3.02. The molecule has 1 unspecified atom stereocenters. The standard InChI is InChI=1S/C12H16FN/c1-8(2)6-11-12-9(7-14-11)4-3-5-10(12)13/h3-5,8,11,14H,6-7H2,1-2H3. The second-order valence-corrected chi connectivity index (χ2v) is 4.38. The van der Waals surface area contributed by atoms with E-state index in [0.29, 0.717) is 5.92 Å². The van der Waals surface area contributed by atoms with Crippen LogP contribution < -0.4 is 5.32 Å². The summed E-state index contributed by atoms with van der Waals surface area (Å²) in [7, 11) is 0. The summed E-state index contributed by atoms with van der Waals surface area (Å²) in [5, 5.41) is 3.35. The molecule has 1 aromatic carbocycles. The van der Waals surface area contributed by atoms with Crippen molar-refractivity contribution in [2.75, 3.05) is 0 Å². The van der Waals surface area contributed by atoms with Crippen molar-refractivity contribution < 1.29 is 4.39 Å². The van der Waals surface area contributed by atoms with Gasteiger partial charge in [-0.15, -0.1) is 0 Å². The molecule has 14 heavy (non-hydrogen) atoms. The Kier molecular flexibility index (Phi) is 2.55. The van der Waals surface area contributed by atoms with Crippen LogP contribution in [0.25, 0.3) is 0 Å². The van der Waals surface area contributed by atoms with Crippen molar-refractivity contribution in [3.63, 3.8) is 0 Å². The predicted molar refractivity (Wildman–Crippen MR) is 55.4 cm³/mol. The third-order valence-corrected chi connectivity index (χ3v) is 2.74. The summed E-state index contributed by atoms with van der Waals surface area (Å²) in [5.74, 6) is 0.538. The maximum Gasteiger partial charge on any atom is 0.128 e. The first-order valence-corrected chi connectivity index (χ1v) is 5.19. The number of fused-ring (bicyclic) bond motifs is 1. The number of hydrogen-bond donors (Lipinski definition) is 1. The van der Waals surface area contributed by atoms with Gasteiger partial charge in [-0.25, -0.2) is 4.39 Å². The SMILES string of the molecule is CC(C)CC1NCc2cccc(F)c21. The summed E-state index contributed by atoms with van der Waals surface area (Å²) in [4.78, 5) is 0. The summed E-state index contributed by atoms with van der Waals surface area (Å²) >= 11 is 0. The van der Waals surface area contributed by atoms with Crippen LogP contribution in [0.1, 0.15) is 37.4 Å². The van der Waals surface area contributed by atoms with Crippen molar-refractivity contribution in [3.05, 3.63) is 35.1 Å². The largest absolute Gasteiger partial charge is 0.306 e. The fraction of sp³-hybridized carbons (Fsp3) is 0.500. The molecule has 1 aromatic rings. The van der Waals surface area contributed by atoms with E-state index >= 15 is 0 Å². The van der Waals surface area contributed by atoms with Crippen LogP contribution in [0.3, 0.4) is 0 Å². The van der Waals surface area contributed by atoms with Crippen LogP contribution in [0.4, 0.5) is 4.39 Å². The van der Waals surface area contributed by atoms with Gasteiger partial charge in [0.2, 0.25) is 0 Å².